The van der Waals surface area contributed by atoms with Gasteiger partial charge in [-0.1, -0.05) is 41.4 Å². The van der Waals surface area contributed by atoms with Gasteiger partial charge in [-0.15, -0.1) is 0 Å². The Kier molecular flexibility index (Phi) is 10.2. The van der Waals surface area contributed by atoms with E-state index >= 15 is 0 Å². The predicted molar refractivity (Wildman–Crippen MR) is 138 cm³/mol. The van der Waals surface area contributed by atoms with E-state index < -0.39 is 16.1 Å². The van der Waals surface area contributed by atoms with Crippen molar-refractivity contribution in [2.75, 3.05) is 17.1 Å². The summed E-state index contributed by atoms with van der Waals surface area (Å²) < 4.78 is 25.9. The summed E-state index contributed by atoms with van der Waals surface area (Å²) in [4.78, 5) is 27.4. The van der Waals surface area contributed by atoms with E-state index in [1.165, 1.54) is 9.21 Å². The molecule has 1 atom stereocenters. The molecular formula is C24H31Cl2N3O4S. The third kappa shape index (κ3) is 8.49. The lowest BCUT2D eigenvalue weighted by Crippen LogP contribution is -2.49. The third-order valence-electron chi connectivity index (χ3n) is 5.09. The van der Waals surface area contributed by atoms with Gasteiger partial charge in [0.25, 0.3) is 0 Å². The van der Waals surface area contributed by atoms with Gasteiger partial charge in [0, 0.05) is 35.6 Å². The average molecular weight is 529 g/mol. The number of hydrogen-bond donors (Lipinski definition) is 1. The lowest BCUT2D eigenvalue weighted by Gasteiger charge is -2.30. The number of rotatable bonds is 11. The molecule has 2 aromatic carbocycles. The summed E-state index contributed by atoms with van der Waals surface area (Å²) in [6, 6.07) is 12.9. The SMILES string of the molecule is CC(C)NC(=O)[C@@H](C)N(Cc1cccc(Cl)c1)C(=O)CCCN(c1cccc(Cl)c1)S(C)(=O)=O. The first-order valence-electron chi connectivity index (χ1n) is 11.0. The molecule has 0 aliphatic heterocycles. The number of anilines is 1. The van der Waals surface area contributed by atoms with Crippen LogP contribution in [0.25, 0.3) is 0 Å². The number of sulfonamides is 1. The van der Waals surface area contributed by atoms with Crippen molar-refractivity contribution in [3.05, 3.63) is 64.1 Å². The summed E-state index contributed by atoms with van der Waals surface area (Å²) in [6.07, 6.45) is 1.44. The maximum absolute atomic E-state index is 13.2. The molecule has 2 rings (SSSR count). The van der Waals surface area contributed by atoms with E-state index in [4.69, 9.17) is 23.2 Å². The number of nitrogens with zero attached hydrogens (tertiary/aromatic N) is 2. The Balaban J connectivity index is 2.17. The highest BCUT2D eigenvalue weighted by Gasteiger charge is 2.27. The summed E-state index contributed by atoms with van der Waals surface area (Å²) in [5.74, 6) is -0.520. The van der Waals surface area contributed by atoms with Crippen LogP contribution in [0.4, 0.5) is 5.69 Å². The molecule has 0 aliphatic carbocycles. The second-order valence-corrected chi connectivity index (χ2v) is 11.2. The zero-order valence-corrected chi connectivity index (χ0v) is 22.1. The Bertz CT molecular complexity index is 1110. The van der Waals surface area contributed by atoms with E-state index in [9.17, 15) is 18.0 Å². The van der Waals surface area contributed by atoms with Gasteiger partial charge < -0.3 is 10.2 Å². The highest BCUT2D eigenvalue weighted by atomic mass is 35.5. The monoisotopic (exact) mass is 527 g/mol. The van der Waals surface area contributed by atoms with Gasteiger partial charge in [0.15, 0.2) is 0 Å². The molecule has 1 N–H and O–H groups in total. The number of amides is 2. The number of carbonyl (C=O) groups excluding carboxylic acids is 2. The Hall–Kier alpha value is -2.29. The van der Waals surface area contributed by atoms with Gasteiger partial charge in [-0.05, 0) is 63.1 Å². The van der Waals surface area contributed by atoms with Gasteiger partial charge in [-0.3, -0.25) is 13.9 Å². The molecule has 0 saturated carbocycles. The molecular weight excluding hydrogens is 497 g/mol. The van der Waals surface area contributed by atoms with Gasteiger partial charge in [-0.25, -0.2) is 8.42 Å². The Morgan fingerprint density at radius 2 is 1.62 bits per heavy atom. The van der Waals surface area contributed by atoms with Gasteiger partial charge in [-0.2, -0.15) is 0 Å². The van der Waals surface area contributed by atoms with E-state index in [0.717, 1.165) is 11.8 Å². The Labute approximate surface area is 212 Å². The quantitative estimate of drug-likeness (QED) is 0.466. The molecule has 0 saturated heterocycles. The van der Waals surface area contributed by atoms with E-state index in [-0.39, 0.29) is 43.8 Å². The lowest BCUT2D eigenvalue weighted by molar-refractivity contribution is -0.140. The van der Waals surface area contributed by atoms with E-state index in [1.54, 1.807) is 49.4 Å². The van der Waals surface area contributed by atoms with Crippen molar-refractivity contribution in [2.45, 2.75) is 52.2 Å². The van der Waals surface area contributed by atoms with Crippen LogP contribution in [0.15, 0.2) is 48.5 Å². The maximum Gasteiger partial charge on any atom is 0.242 e. The van der Waals surface area contributed by atoms with Crippen LogP contribution >= 0.6 is 23.2 Å². The zero-order valence-electron chi connectivity index (χ0n) is 19.8. The van der Waals surface area contributed by atoms with Crippen LogP contribution in [0.1, 0.15) is 39.2 Å². The number of halogens is 2. The number of benzene rings is 2. The van der Waals surface area contributed by atoms with Crippen molar-refractivity contribution < 1.29 is 18.0 Å². The Morgan fingerprint density at radius 1 is 1.00 bits per heavy atom. The second-order valence-electron chi connectivity index (χ2n) is 8.41. The van der Waals surface area contributed by atoms with Crippen molar-refractivity contribution in [3.63, 3.8) is 0 Å². The largest absolute Gasteiger partial charge is 0.352 e. The summed E-state index contributed by atoms with van der Waals surface area (Å²) in [7, 11) is -3.58. The Morgan fingerprint density at radius 3 is 2.18 bits per heavy atom. The van der Waals surface area contributed by atoms with Gasteiger partial charge in [0.2, 0.25) is 21.8 Å². The van der Waals surface area contributed by atoms with E-state index in [1.807, 2.05) is 19.9 Å². The minimum absolute atomic E-state index is 0.0620. The predicted octanol–water partition coefficient (Wildman–Crippen LogP) is 4.48. The number of nitrogens with one attached hydrogen (secondary N) is 1. The third-order valence-corrected chi connectivity index (χ3v) is 6.75. The van der Waals surface area contributed by atoms with Crippen molar-refractivity contribution in [3.8, 4) is 0 Å². The van der Waals surface area contributed by atoms with Crippen molar-refractivity contribution in [1.29, 1.82) is 0 Å². The van der Waals surface area contributed by atoms with E-state index in [0.29, 0.717) is 15.7 Å². The first-order valence-corrected chi connectivity index (χ1v) is 13.6. The van der Waals surface area contributed by atoms with Crippen LogP contribution in [0.2, 0.25) is 10.0 Å². The zero-order chi connectivity index (χ0) is 25.5. The van der Waals surface area contributed by atoms with Crippen LogP contribution in [0.5, 0.6) is 0 Å². The fourth-order valence-corrected chi connectivity index (χ4v) is 4.81. The molecule has 0 heterocycles. The minimum atomic E-state index is -3.58. The summed E-state index contributed by atoms with van der Waals surface area (Å²) in [5.41, 5.74) is 1.23. The van der Waals surface area contributed by atoms with E-state index in [2.05, 4.69) is 5.32 Å². The summed E-state index contributed by atoms with van der Waals surface area (Å²) >= 11 is 12.1. The normalized spacial score (nSPS) is 12.3. The molecule has 0 aliphatic rings. The first kappa shape index (κ1) is 28.0. The summed E-state index contributed by atoms with van der Waals surface area (Å²) in [5, 5.41) is 3.79. The molecule has 0 fully saturated rings. The van der Waals surface area contributed by atoms with Crippen molar-refractivity contribution >= 4 is 50.7 Å². The molecule has 34 heavy (non-hydrogen) atoms. The molecule has 0 spiro atoms. The smallest absolute Gasteiger partial charge is 0.242 e. The molecule has 0 bridgehead atoms. The molecule has 2 amide bonds. The highest BCUT2D eigenvalue weighted by Crippen LogP contribution is 2.23. The van der Waals surface area contributed by atoms with Crippen LogP contribution < -0.4 is 9.62 Å². The van der Waals surface area contributed by atoms with Crippen LogP contribution in [0, 0.1) is 0 Å². The minimum Gasteiger partial charge on any atom is -0.352 e. The van der Waals surface area contributed by atoms with Gasteiger partial charge in [0.1, 0.15) is 6.04 Å². The number of hydrogen-bond acceptors (Lipinski definition) is 4. The molecule has 186 valence electrons. The second kappa shape index (κ2) is 12.4. The average Bonchev–Trinajstić information content (AvgIpc) is 2.73. The van der Waals surface area contributed by atoms with Crippen molar-refractivity contribution in [1.82, 2.24) is 10.2 Å². The molecule has 0 aromatic heterocycles. The van der Waals surface area contributed by atoms with Crippen molar-refractivity contribution in [2.24, 2.45) is 0 Å². The van der Waals surface area contributed by atoms with Crippen LogP contribution in [-0.2, 0) is 26.2 Å². The molecule has 0 unspecified atom stereocenters. The van der Waals surface area contributed by atoms with Crippen LogP contribution in [-0.4, -0.2) is 50.0 Å². The maximum atomic E-state index is 13.2. The first-order chi connectivity index (χ1) is 15.9. The van der Waals surface area contributed by atoms with Gasteiger partial charge in [0.05, 0.1) is 11.9 Å². The molecule has 7 nitrogen and oxygen atoms in total. The standard InChI is InChI=1S/C24H31Cl2N3O4S/c1-17(2)27-24(31)18(3)28(16-19-8-5-9-20(25)14-19)23(30)12-7-13-29(34(4,32)33)22-11-6-10-21(26)15-22/h5-6,8-11,14-15,17-18H,7,12-13,16H2,1-4H3,(H,27,31)/t18-/m1/s1. The molecule has 2 aromatic rings. The van der Waals surface area contributed by atoms with Crippen LogP contribution in [0.3, 0.4) is 0 Å². The fourth-order valence-electron chi connectivity index (χ4n) is 3.45. The highest BCUT2D eigenvalue weighted by molar-refractivity contribution is 7.92. The molecule has 0 radical (unpaired) electrons. The molecule has 10 heteroatoms. The summed E-state index contributed by atoms with van der Waals surface area (Å²) in [6.45, 7) is 5.68. The fraction of sp³-hybridized carbons (Fsp3) is 0.417. The lowest BCUT2D eigenvalue weighted by atomic mass is 10.1. The topological polar surface area (TPSA) is 86.8 Å². The number of carbonyl (C=O) groups is 2. The van der Waals surface area contributed by atoms with Gasteiger partial charge >= 0.3 is 0 Å².